The van der Waals surface area contributed by atoms with Gasteiger partial charge in [0.05, 0.1) is 21.3 Å². The minimum Gasteiger partial charge on any atom is -0.497 e. The van der Waals surface area contributed by atoms with Gasteiger partial charge < -0.3 is 24.8 Å². The van der Waals surface area contributed by atoms with Gasteiger partial charge in [0, 0.05) is 30.3 Å². The SMILES string of the molecule is COc1ccc(N(CCC(N)=O)C(=O)c2cc(OC)cc(OC)c2)cc1. The highest BCUT2D eigenvalue weighted by Crippen LogP contribution is 2.26. The van der Waals surface area contributed by atoms with Gasteiger partial charge in [-0.3, -0.25) is 9.59 Å². The largest absolute Gasteiger partial charge is 0.497 e. The highest BCUT2D eigenvalue weighted by molar-refractivity contribution is 6.06. The number of nitrogens with zero attached hydrogens (tertiary/aromatic N) is 1. The van der Waals surface area contributed by atoms with Crippen molar-refractivity contribution in [2.75, 3.05) is 32.8 Å². The van der Waals surface area contributed by atoms with Crippen molar-refractivity contribution in [3.8, 4) is 17.2 Å². The van der Waals surface area contributed by atoms with Gasteiger partial charge in [0.25, 0.3) is 5.91 Å². The van der Waals surface area contributed by atoms with E-state index < -0.39 is 5.91 Å². The Bertz CT molecular complexity index is 752. The van der Waals surface area contributed by atoms with E-state index >= 15 is 0 Å². The second kappa shape index (κ2) is 8.75. The highest BCUT2D eigenvalue weighted by Gasteiger charge is 2.20. The third-order valence-electron chi connectivity index (χ3n) is 3.81. The fourth-order valence-electron chi connectivity index (χ4n) is 2.42. The number of benzene rings is 2. The average molecular weight is 358 g/mol. The molecule has 2 aromatic rings. The summed E-state index contributed by atoms with van der Waals surface area (Å²) in [6.07, 6.45) is 0.0405. The zero-order valence-electron chi connectivity index (χ0n) is 15.0. The minimum atomic E-state index is -0.487. The highest BCUT2D eigenvalue weighted by atomic mass is 16.5. The monoisotopic (exact) mass is 358 g/mol. The lowest BCUT2D eigenvalue weighted by Gasteiger charge is -2.23. The zero-order valence-corrected chi connectivity index (χ0v) is 15.0. The van der Waals surface area contributed by atoms with Crippen molar-refractivity contribution < 1.29 is 23.8 Å². The fourth-order valence-corrected chi connectivity index (χ4v) is 2.42. The second-order valence-electron chi connectivity index (χ2n) is 5.47. The van der Waals surface area contributed by atoms with Crippen LogP contribution in [0.2, 0.25) is 0 Å². The fraction of sp³-hybridized carbons (Fsp3) is 0.263. The number of hydrogen-bond donors (Lipinski definition) is 1. The lowest BCUT2D eigenvalue weighted by molar-refractivity contribution is -0.117. The molecule has 0 atom stereocenters. The molecule has 138 valence electrons. The first-order valence-electron chi connectivity index (χ1n) is 7.95. The van der Waals surface area contributed by atoms with Crippen LogP contribution in [0.1, 0.15) is 16.8 Å². The van der Waals surface area contributed by atoms with Gasteiger partial charge in [0.2, 0.25) is 5.91 Å². The first-order valence-corrected chi connectivity index (χ1v) is 7.95. The number of carbonyl (C=O) groups excluding carboxylic acids is 2. The van der Waals surface area contributed by atoms with Crippen molar-refractivity contribution >= 4 is 17.5 Å². The molecule has 2 amide bonds. The van der Waals surface area contributed by atoms with Gasteiger partial charge in [-0.2, -0.15) is 0 Å². The van der Waals surface area contributed by atoms with Crippen LogP contribution in [0, 0.1) is 0 Å². The molecule has 0 aliphatic rings. The van der Waals surface area contributed by atoms with Crippen LogP contribution in [0.15, 0.2) is 42.5 Å². The van der Waals surface area contributed by atoms with E-state index in [1.165, 1.54) is 19.1 Å². The molecule has 2 N–H and O–H groups in total. The summed E-state index contributed by atoms with van der Waals surface area (Å²) in [4.78, 5) is 25.8. The van der Waals surface area contributed by atoms with E-state index in [9.17, 15) is 9.59 Å². The number of methoxy groups -OCH3 is 3. The molecular formula is C19H22N2O5. The van der Waals surface area contributed by atoms with Gasteiger partial charge >= 0.3 is 0 Å². The number of rotatable bonds is 8. The van der Waals surface area contributed by atoms with Crippen molar-refractivity contribution in [3.05, 3.63) is 48.0 Å². The molecule has 0 aliphatic carbocycles. The molecule has 0 heterocycles. The van der Waals surface area contributed by atoms with Crippen molar-refractivity contribution in [2.24, 2.45) is 5.73 Å². The van der Waals surface area contributed by atoms with Gasteiger partial charge in [0.1, 0.15) is 17.2 Å². The quantitative estimate of drug-likeness (QED) is 0.781. The number of nitrogens with two attached hydrogens (primary N) is 1. The molecule has 0 saturated heterocycles. The summed E-state index contributed by atoms with van der Waals surface area (Å²) >= 11 is 0. The molecule has 0 fully saturated rings. The van der Waals surface area contributed by atoms with Crippen molar-refractivity contribution in [1.82, 2.24) is 0 Å². The van der Waals surface area contributed by atoms with E-state index in [-0.39, 0.29) is 18.9 Å². The van der Waals surface area contributed by atoms with Gasteiger partial charge in [-0.05, 0) is 36.4 Å². The molecule has 26 heavy (non-hydrogen) atoms. The molecule has 0 unspecified atom stereocenters. The molecule has 0 radical (unpaired) electrons. The Balaban J connectivity index is 2.40. The van der Waals surface area contributed by atoms with Crippen LogP contribution in [0.5, 0.6) is 17.2 Å². The van der Waals surface area contributed by atoms with E-state index in [1.54, 1.807) is 49.6 Å². The van der Waals surface area contributed by atoms with E-state index in [4.69, 9.17) is 19.9 Å². The molecule has 0 aromatic heterocycles. The molecule has 0 aliphatic heterocycles. The van der Waals surface area contributed by atoms with Crippen LogP contribution in [-0.2, 0) is 4.79 Å². The third-order valence-corrected chi connectivity index (χ3v) is 3.81. The number of carbonyl (C=O) groups is 2. The number of amides is 2. The first kappa shape index (κ1) is 19.1. The van der Waals surface area contributed by atoms with Crippen molar-refractivity contribution in [2.45, 2.75) is 6.42 Å². The molecule has 7 nitrogen and oxygen atoms in total. The number of hydrogen-bond acceptors (Lipinski definition) is 5. The number of anilines is 1. The third kappa shape index (κ3) is 4.66. The summed E-state index contributed by atoms with van der Waals surface area (Å²) in [6, 6.07) is 11.9. The Morgan fingerprint density at radius 2 is 1.42 bits per heavy atom. The smallest absolute Gasteiger partial charge is 0.258 e. The van der Waals surface area contributed by atoms with E-state index in [2.05, 4.69) is 0 Å². The maximum atomic E-state index is 13.1. The predicted molar refractivity (Wildman–Crippen MR) is 98.0 cm³/mol. The summed E-state index contributed by atoms with van der Waals surface area (Å²) in [5, 5.41) is 0. The van der Waals surface area contributed by atoms with Gasteiger partial charge in [-0.15, -0.1) is 0 Å². The van der Waals surface area contributed by atoms with Crippen molar-refractivity contribution in [1.29, 1.82) is 0 Å². The average Bonchev–Trinajstić information content (AvgIpc) is 2.67. The maximum absolute atomic E-state index is 13.1. The Hall–Kier alpha value is -3.22. The lowest BCUT2D eigenvalue weighted by atomic mass is 10.1. The summed E-state index contributed by atoms with van der Waals surface area (Å²) in [6.45, 7) is 0.153. The van der Waals surface area contributed by atoms with E-state index in [0.29, 0.717) is 28.5 Å². The van der Waals surface area contributed by atoms with Gasteiger partial charge in [-0.1, -0.05) is 0 Å². The Morgan fingerprint density at radius 3 is 1.88 bits per heavy atom. The number of ether oxygens (including phenoxy) is 3. The van der Waals surface area contributed by atoms with Crippen LogP contribution < -0.4 is 24.8 Å². The van der Waals surface area contributed by atoms with Crippen molar-refractivity contribution in [3.63, 3.8) is 0 Å². The van der Waals surface area contributed by atoms with Crippen LogP contribution in [0.3, 0.4) is 0 Å². The minimum absolute atomic E-state index is 0.0405. The molecule has 2 rings (SSSR count). The molecule has 7 heteroatoms. The molecule has 0 spiro atoms. The van der Waals surface area contributed by atoms with Crippen LogP contribution in [0.4, 0.5) is 5.69 Å². The number of primary amides is 1. The first-order chi connectivity index (χ1) is 12.5. The summed E-state index contributed by atoms with van der Waals surface area (Å²) < 4.78 is 15.6. The van der Waals surface area contributed by atoms with Gasteiger partial charge in [0.15, 0.2) is 0 Å². The molecule has 0 saturated carbocycles. The summed E-state index contributed by atoms with van der Waals surface area (Å²) in [5.74, 6) is 0.877. The molecular weight excluding hydrogens is 336 g/mol. The summed E-state index contributed by atoms with van der Waals surface area (Å²) in [5.41, 5.74) is 6.26. The second-order valence-corrected chi connectivity index (χ2v) is 5.47. The Labute approximate surface area is 152 Å². The van der Waals surface area contributed by atoms with Crippen LogP contribution in [0.25, 0.3) is 0 Å². The maximum Gasteiger partial charge on any atom is 0.258 e. The topological polar surface area (TPSA) is 91.1 Å². The van der Waals surface area contributed by atoms with Gasteiger partial charge in [-0.25, -0.2) is 0 Å². The predicted octanol–water partition coefficient (Wildman–Crippen LogP) is 2.23. The normalized spacial score (nSPS) is 10.1. The van der Waals surface area contributed by atoms with Crippen LogP contribution in [-0.4, -0.2) is 39.7 Å². The lowest BCUT2D eigenvalue weighted by Crippen LogP contribution is -2.34. The molecule has 0 bridgehead atoms. The van der Waals surface area contributed by atoms with E-state index in [0.717, 1.165) is 0 Å². The van der Waals surface area contributed by atoms with Crippen LogP contribution >= 0.6 is 0 Å². The zero-order chi connectivity index (χ0) is 19.1. The standard InChI is InChI=1S/C19H22N2O5/c1-24-15-6-4-14(5-7-15)21(9-8-18(20)22)19(23)13-10-16(25-2)12-17(11-13)26-3/h4-7,10-12H,8-9H2,1-3H3,(H2,20,22). The Kier molecular flexibility index (Phi) is 6.43. The molecule has 2 aromatic carbocycles. The van der Waals surface area contributed by atoms with E-state index in [1.807, 2.05) is 0 Å². The summed E-state index contributed by atoms with van der Waals surface area (Å²) in [7, 11) is 4.59. The Morgan fingerprint density at radius 1 is 0.885 bits per heavy atom.